The van der Waals surface area contributed by atoms with Gasteiger partial charge in [0.1, 0.15) is 5.75 Å². The molecule has 2 aromatic carbocycles. The lowest BCUT2D eigenvalue weighted by molar-refractivity contribution is -0.153. The smallest absolute Gasteiger partial charge is 0.422 e. The summed E-state index contributed by atoms with van der Waals surface area (Å²) < 4.78 is 41.1. The fourth-order valence-corrected chi connectivity index (χ4v) is 3.02. The maximum absolute atomic E-state index is 12.4. The van der Waals surface area contributed by atoms with Crippen molar-refractivity contribution in [3.63, 3.8) is 0 Å². The number of alkyl halides is 3. The van der Waals surface area contributed by atoms with Gasteiger partial charge in [0.25, 0.3) is 0 Å². The molecule has 0 unspecified atom stereocenters. The molecule has 1 amide bonds. The molecule has 3 aromatic rings. The first-order valence-corrected chi connectivity index (χ1v) is 8.84. The van der Waals surface area contributed by atoms with E-state index in [-0.39, 0.29) is 18.1 Å². The Morgan fingerprint density at radius 2 is 1.82 bits per heavy atom. The Balaban J connectivity index is 1.58. The molecule has 0 spiro atoms. The van der Waals surface area contributed by atoms with Gasteiger partial charge in [0, 0.05) is 23.1 Å². The van der Waals surface area contributed by atoms with E-state index >= 15 is 0 Å². The Morgan fingerprint density at radius 3 is 2.50 bits per heavy atom. The zero-order chi connectivity index (χ0) is 20.3. The maximum Gasteiger partial charge on any atom is 0.422 e. The van der Waals surface area contributed by atoms with Crippen LogP contribution in [-0.4, -0.2) is 23.7 Å². The summed E-state index contributed by atoms with van der Waals surface area (Å²) in [5.41, 5.74) is 4.83. The lowest BCUT2D eigenvalue weighted by Gasteiger charge is -2.10. The van der Waals surface area contributed by atoms with Gasteiger partial charge in [-0.3, -0.25) is 4.79 Å². The number of fused-ring (bicyclic) bond motifs is 1. The second kappa shape index (κ2) is 7.96. The molecule has 0 saturated carbocycles. The monoisotopic (exact) mass is 390 g/mol. The minimum atomic E-state index is -4.37. The average Bonchev–Trinajstić information content (AvgIpc) is 2.93. The van der Waals surface area contributed by atoms with Crippen LogP contribution in [0.4, 0.5) is 13.2 Å². The molecule has 0 fully saturated rings. The summed E-state index contributed by atoms with van der Waals surface area (Å²) in [4.78, 5) is 15.7. The van der Waals surface area contributed by atoms with Crippen molar-refractivity contribution in [1.82, 2.24) is 10.3 Å². The summed E-state index contributed by atoms with van der Waals surface area (Å²) in [6, 6.07) is 12.3. The zero-order valence-electron chi connectivity index (χ0n) is 15.6. The van der Waals surface area contributed by atoms with E-state index in [9.17, 15) is 18.0 Å². The van der Waals surface area contributed by atoms with Gasteiger partial charge in [-0.15, -0.1) is 0 Å². The van der Waals surface area contributed by atoms with Crippen LogP contribution in [-0.2, 0) is 17.8 Å². The molecular formula is C21H21F3N2O2. The van der Waals surface area contributed by atoms with Crippen molar-refractivity contribution in [2.75, 3.05) is 6.61 Å². The van der Waals surface area contributed by atoms with E-state index < -0.39 is 12.8 Å². The number of ether oxygens (including phenoxy) is 1. The molecule has 0 bridgehead atoms. The van der Waals surface area contributed by atoms with Crippen LogP contribution in [0.1, 0.15) is 22.4 Å². The lowest BCUT2D eigenvalue weighted by atomic mass is 10.1. The minimum absolute atomic E-state index is 0.122. The SMILES string of the molecule is Cc1ccc2[nH]c(C)c(CC(=O)NCc3ccc(OCC(F)(F)F)cc3)c2c1. The molecular weight excluding hydrogens is 369 g/mol. The topological polar surface area (TPSA) is 54.1 Å². The van der Waals surface area contributed by atoms with Crippen LogP contribution >= 0.6 is 0 Å². The van der Waals surface area contributed by atoms with Gasteiger partial charge in [-0.2, -0.15) is 13.2 Å². The highest BCUT2D eigenvalue weighted by Crippen LogP contribution is 2.24. The molecule has 1 heterocycles. The standard InChI is InChI=1S/C21H21F3N2O2/c1-13-3-8-19-18(9-13)17(14(2)26-19)10-20(27)25-11-15-4-6-16(7-5-15)28-12-21(22,23)24/h3-9,26H,10-12H2,1-2H3,(H,25,27). The van der Waals surface area contributed by atoms with Crippen LogP contribution in [0.2, 0.25) is 0 Å². The van der Waals surface area contributed by atoms with Gasteiger partial charge in [-0.1, -0.05) is 23.8 Å². The number of hydrogen-bond donors (Lipinski definition) is 2. The molecule has 0 atom stereocenters. The number of hydrogen-bond acceptors (Lipinski definition) is 2. The zero-order valence-corrected chi connectivity index (χ0v) is 15.6. The quantitative estimate of drug-likeness (QED) is 0.647. The number of rotatable bonds is 6. The van der Waals surface area contributed by atoms with Crippen LogP contribution in [0, 0.1) is 13.8 Å². The summed E-state index contributed by atoms with van der Waals surface area (Å²) in [6.07, 6.45) is -4.12. The van der Waals surface area contributed by atoms with Crippen molar-refractivity contribution in [1.29, 1.82) is 0 Å². The molecule has 0 aliphatic carbocycles. The van der Waals surface area contributed by atoms with Gasteiger partial charge in [0.15, 0.2) is 6.61 Å². The second-order valence-electron chi connectivity index (χ2n) is 6.78. The van der Waals surface area contributed by atoms with Crippen molar-refractivity contribution >= 4 is 16.8 Å². The van der Waals surface area contributed by atoms with E-state index in [1.165, 1.54) is 12.1 Å². The highest BCUT2D eigenvalue weighted by molar-refractivity contribution is 5.90. The average molecular weight is 390 g/mol. The molecule has 3 rings (SSSR count). The molecule has 0 radical (unpaired) electrons. The van der Waals surface area contributed by atoms with E-state index in [1.807, 2.05) is 26.0 Å². The number of amides is 1. The van der Waals surface area contributed by atoms with E-state index in [4.69, 9.17) is 0 Å². The van der Waals surface area contributed by atoms with E-state index in [2.05, 4.69) is 21.1 Å². The minimum Gasteiger partial charge on any atom is -0.484 e. The number of nitrogens with one attached hydrogen (secondary N) is 2. The molecule has 2 N–H and O–H groups in total. The Kier molecular flexibility index (Phi) is 5.63. The third-order valence-electron chi connectivity index (χ3n) is 4.43. The first kappa shape index (κ1) is 19.8. The summed E-state index contributed by atoms with van der Waals surface area (Å²) in [5, 5.41) is 3.89. The third-order valence-corrected chi connectivity index (χ3v) is 4.43. The van der Waals surface area contributed by atoms with Crippen molar-refractivity contribution in [3.05, 3.63) is 64.8 Å². The first-order chi connectivity index (χ1) is 13.2. The Bertz CT molecular complexity index is 976. The molecule has 28 heavy (non-hydrogen) atoms. The van der Waals surface area contributed by atoms with Crippen LogP contribution in [0.5, 0.6) is 5.75 Å². The predicted molar refractivity (Wildman–Crippen MR) is 101 cm³/mol. The number of halogens is 3. The Morgan fingerprint density at radius 1 is 1.11 bits per heavy atom. The molecule has 1 aromatic heterocycles. The largest absolute Gasteiger partial charge is 0.484 e. The van der Waals surface area contributed by atoms with Gasteiger partial charge in [-0.05, 0) is 49.2 Å². The number of aromatic nitrogens is 1. The summed E-state index contributed by atoms with van der Waals surface area (Å²) >= 11 is 0. The maximum atomic E-state index is 12.4. The molecule has 0 aliphatic rings. The van der Waals surface area contributed by atoms with Crippen LogP contribution < -0.4 is 10.1 Å². The van der Waals surface area contributed by atoms with Gasteiger partial charge < -0.3 is 15.0 Å². The van der Waals surface area contributed by atoms with Crippen LogP contribution in [0.15, 0.2) is 42.5 Å². The number of aryl methyl sites for hydroxylation is 2. The molecule has 148 valence electrons. The highest BCUT2D eigenvalue weighted by atomic mass is 19.4. The highest BCUT2D eigenvalue weighted by Gasteiger charge is 2.28. The molecule has 7 heteroatoms. The summed E-state index contributed by atoms with van der Waals surface area (Å²) in [5.74, 6) is 0.0140. The Labute approximate surface area is 160 Å². The number of H-pyrrole nitrogens is 1. The van der Waals surface area contributed by atoms with Gasteiger partial charge in [-0.25, -0.2) is 0 Å². The van der Waals surface area contributed by atoms with E-state index in [0.717, 1.165) is 33.3 Å². The molecule has 0 aliphatic heterocycles. The Hall–Kier alpha value is -2.96. The normalized spacial score (nSPS) is 11.6. The number of benzene rings is 2. The van der Waals surface area contributed by atoms with Gasteiger partial charge >= 0.3 is 6.18 Å². The van der Waals surface area contributed by atoms with Gasteiger partial charge in [0.2, 0.25) is 5.91 Å². The molecule has 4 nitrogen and oxygen atoms in total. The van der Waals surface area contributed by atoms with Crippen molar-refractivity contribution in [2.24, 2.45) is 0 Å². The second-order valence-corrected chi connectivity index (χ2v) is 6.78. The predicted octanol–water partition coefficient (Wildman–Crippen LogP) is 4.58. The first-order valence-electron chi connectivity index (χ1n) is 8.84. The van der Waals surface area contributed by atoms with Crippen molar-refractivity contribution in [3.8, 4) is 5.75 Å². The van der Waals surface area contributed by atoms with Crippen LogP contribution in [0.3, 0.4) is 0 Å². The van der Waals surface area contributed by atoms with Gasteiger partial charge in [0.05, 0.1) is 6.42 Å². The van der Waals surface area contributed by atoms with E-state index in [0.29, 0.717) is 6.54 Å². The third kappa shape index (κ3) is 5.06. The van der Waals surface area contributed by atoms with E-state index in [1.54, 1.807) is 12.1 Å². The fourth-order valence-electron chi connectivity index (χ4n) is 3.02. The summed E-state index contributed by atoms with van der Waals surface area (Å²) in [7, 11) is 0. The number of aromatic amines is 1. The summed E-state index contributed by atoms with van der Waals surface area (Å²) in [6.45, 7) is 2.91. The fraction of sp³-hybridized carbons (Fsp3) is 0.286. The van der Waals surface area contributed by atoms with Crippen molar-refractivity contribution < 1.29 is 22.7 Å². The lowest BCUT2D eigenvalue weighted by Crippen LogP contribution is -2.24. The van der Waals surface area contributed by atoms with Crippen molar-refractivity contribution in [2.45, 2.75) is 33.0 Å². The molecule has 0 saturated heterocycles. The number of carbonyl (C=O) groups excluding carboxylic acids is 1. The van der Waals surface area contributed by atoms with Crippen LogP contribution in [0.25, 0.3) is 10.9 Å². The number of carbonyl (C=O) groups is 1.